The van der Waals surface area contributed by atoms with Crippen molar-refractivity contribution in [2.75, 3.05) is 0 Å². The summed E-state index contributed by atoms with van der Waals surface area (Å²) in [7, 11) is 0. The van der Waals surface area contributed by atoms with E-state index < -0.39 is 0 Å². The molecule has 2 atom stereocenters. The second kappa shape index (κ2) is 10.2. The molecule has 1 heterocycles. The van der Waals surface area contributed by atoms with Crippen LogP contribution in [0.5, 0.6) is 0 Å². The van der Waals surface area contributed by atoms with E-state index in [1.165, 1.54) is 0 Å². The standard InChI is InChI=1S/C19H13N2.C12H22O2.Ir/c1-3-9-15(10-4-1)19-20-17-13-7-8-14-18(17)21(19)16-11-5-2-6-12-16;1-11(2)5-7-6-12(3,4)10(14)8(7)9(11)13;/h1-9,11-14H;7-10,13-14H,5-6H2,1-4H3;/q-1;;. The van der Waals surface area contributed by atoms with Gasteiger partial charge < -0.3 is 14.8 Å². The Hall–Kier alpha value is -2.30. The summed E-state index contributed by atoms with van der Waals surface area (Å²) in [4.78, 5) is 4.79. The third kappa shape index (κ3) is 4.82. The molecule has 4 nitrogen and oxygen atoms in total. The molecule has 0 aliphatic heterocycles. The molecule has 3 aromatic carbocycles. The molecule has 2 aliphatic rings. The molecule has 191 valence electrons. The number of fused-ring (bicyclic) bond motifs is 2. The number of rotatable bonds is 2. The Labute approximate surface area is 227 Å². The first-order valence-corrected chi connectivity index (χ1v) is 12.6. The van der Waals surface area contributed by atoms with Gasteiger partial charge in [0.05, 0.1) is 29.1 Å². The quantitative estimate of drug-likeness (QED) is 0.249. The van der Waals surface area contributed by atoms with Crippen molar-refractivity contribution in [1.29, 1.82) is 0 Å². The molecule has 0 amide bonds. The van der Waals surface area contributed by atoms with Gasteiger partial charge in [0.25, 0.3) is 0 Å². The fraction of sp³-hybridized carbons (Fsp3) is 0.387. The molecule has 36 heavy (non-hydrogen) atoms. The van der Waals surface area contributed by atoms with E-state index in [9.17, 15) is 10.2 Å². The van der Waals surface area contributed by atoms with Crippen LogP contribution in [0.1, 0.15) is 40.5 Å². The minimum atomic E-state index is -0.329. The van der Waals surface area contributed by atoms with Gasteiger partial charge in [0.2, 0.25) is 0 Å². The Balaban J connectivity index is 0.000000178. The smallest absolute Gasteiger partial charge is 0.0774 e. The van der Waals surface area contributed by atoms with Gasteiger partial charge >= 0.3 is 0 Å². The second-order valence-electron chi connectivity index (χ2n) is 11.5. The molecule has 2 saturated carbocycles. The van der Waals surface area contributed by atoms with E-state index in [1.807, 2.05) is 60.7 Å². The molecule has 2 aliphatic carbocycles. The first kappa shape index (κ1) is 26.8. The van der Waals surface area contributed by atoms with Crippen LogP contribution < -0.4 is 0 Å². The Morgan fingerprint density at radius 2 is 1.39 bits per heavy atom. The maximum atomic E-state index is 10.2. The number of para-hydroxylation sites is 3. The van der Waals surface area contributed by atoms with Gasteiger partial charge in [-0.3, -0.25) is 4.98 Å². The summed E-state index contributed by atoms with van der Waals surface area (Å²) >= 11 is 0. The molecule has 0 spiro atoms. The molecule has 5 heteroatoms. The predicted molar refractivity (Wildman–Crippen MR) is 141 cm³/mol. The van der Waals surface area contributed by atoms with E-state index in [-0.39, 0.29) is 49.1 Å². The maximum Gasteiger partial charge on any atom is 0.0774 e. The van der Waals surface area contributed by atoms with Gasteiger partial charge in [-0.1, -0.05) is 58.0 Å². The topological polar surface area (TPSA) is 58.3 Å². The SMILES string of the molecule is CC1(C)CC2CC(C)(C)C(O)C2C1O.[Ir].[c-]1ccccc1-c1nc2ccccc2n1-c1ccccc1. The van der Waals surface area contributed by atoms with Crippen molar-refractivity contribution in [1.82, 2.24) is 9.55 Å². The Morgan fingerprint density at radius 3 is 1.97 bits per heavy atom. The average Bonchev–Trinajstić information content (AvgIpc) is 3.41. The minimum Gasteiger partial charge on any atom is -0.392 e. The number of benzene rings is 3. The summed E-state index contributed by atoms with van der Waals surface area (Å²) in [5, 5.41) is 20.3. The predicted octanol–water partition coefficient (Wildman–Crippen LogP) is 6.29. The molecule has 6 rings (SSSR count). The summed E-state index contributed by atoms with van der Waals surface area (Å²) in [6.45, 7) is 8.43. The third-order valence-corrected chi connectivity index (χ3v) is 7.98. The van der Waals surface area contributed by atoms with Crippen molar-refractivity contribution < 1.29 is 30.3 Å². The van der Waals surface area contributed by atoms with E-state index in [2.05, 4.69) is 56.5 Å². The van der Waals surface area contributed by atoms with Crippen molar-refractivity contribution in [3.05, 3.63) is 84.9 Å². The zero-order valence-electron chi connectivity index (χ0n) is 21.4. The third-order valence-electron chi connectivity index (χ3n) is 7.98. The van der Waals surface area contributed by atoms with Crippen LogP contribution in [-0.4, -0.2) is 32.0 Å². The molecular weight excluding hydrogens is 625 g/mol. The van der Waals surface area contributed by atoms with Crippen LogP contribution in [0.3, 0.4) is 0 Å². The van der Waals surface area contributed by atoms with Crippen LogP contribution in [0, 0.1) is 28.7 Å². The largest absolute Gasteiger partial charge is 0.392 e. The molecule has 0 saturated heterocycles. The molecule has 1 radical (unpaired) electrons. The monoisotopic (exact) mass is 660 g/mol. The van der Waals surface area contributed by atoms with E-state index in [4.69, 9.17) is 4.98 Å². The zero-order valence-corrected chi connectivity index (χ0v) is 23.7. The Morgan fingerprint density at radius 1 is 0.806 bits per heavy atom. The molecule has 2 unspecified atom stereocenters. The van der Waals surface area contributed by atoms with Gasteiger partial charge in [-0.05, 0) is 53.9 Å². The van der Waals surface area contributed by atoms with Gasteiger partial charge in [0.1, 0.15) is 0 Å². The first-order chi connectivity index (χ1) is 16.7. The van der Waals surface area contributed by atoms with Gasteiger partial charge in [0.15, 0.2) is 0 Å². The van der Waals surface area contributed by atoms with Crippen LogP contribution in [0.15, 0.2) is 78.9 Å². The van der Waals surface area contributed by atoms with Crippen molar-refractivity contribution in [2.45, 2.75) is 52.7 Å². The van der Waals surface area contributed by atoms with Crippen LogP contribution in [0.2, 0.25) is 0 Å². The first-order valence-electron chi connectivity index (χ1n) is 12.6. The van der Waals surface area contributed by atoms with E-state index in [0.29, 0.717) is 5.92 Å². The summed E-state index contributed by atoms with van der Waals surface area (Å²) in [6, 6.07) is 29.7. The zero-order chi connectivity index (χ0) is 24.8. The van der Waals surface area contributed by atoms with E-state index in [0.717, 1.165) is 41.0 Å². The van der Waals surface area contributed by atoms with Gasteiger partial charge in [0, 0.05) is 31.7 Å². The number of imidazole rings is 1. The van der Waals surface area contributed by atoms with Crippen LogP contribution in [-0.2, 0) is 20.1 Å². The Bertz CT molecular complexity index is 1280. The van der Waals surface area contributed by atoms with E-state index >= 15 is 0 Å². The molecule has 2 fully saturated rings. The van der Waals surface area contributed by atoms with Crippen LogP contribution in [0.4, 0.5) is 0 Å². The van der Waals surface area contributed by atoms with Gasteiger partial charge in [-0.25, -0.2) is 0 Å². The van der Waals surface area contributed by atoms with Crippen LogP contribution >= 0.6 is 0 Å². The number of aliphatic hydroxyl groups is 2. The van der Waals surface area contributed by atoms with Crippen molar-refractivity contribution in [3.8, 4) is 17.1 Å². The summed E-state index contributed by atoms with van der Waals surface area (Å²) < 4.78 is 2.18. The van der Waals surface area contributed by atoms with Crippen molar-refractivity contribution >= 4 is 11.0 Å². The number of hydrogen-bond donors (Lipinski definition) is 2. The Kier molecular flexibility index (Phi) is 7.60. The summed E-state index contributed by atoms with van der Waals surface area (Å²) in [5.41, 5.74) is 4.19. The molecule has 2 N–H and O–H groups in total. The number of hydrogen-bond acceptors (Lipinski definition) is 3. The van der Waals surface area contributed by atoms with E-state index in [1.54, 1.807) is 0 Å². The molecule has 0 bridgehead atoms. The average molecular weight is 660 g/mol. The fourth-order valence-corrected chi connectivity index (χ4v) is 6.25. The number of aromatic nitrogens is 2. The summed E-state index contributed by atoms with van der Waals surface area (Å²) in [5.74, 6) is 1.55. The second-order valence-corrected chi connectivity index (χ2v) is 11.5. The normalized spacial score (nSPS) is 25.5. The van der Waals surface area contributed by atoms with Gasteiger partial charge in [-0.2, -0.15) is 0 Å². The molecule has 4 aromatic rings. The van der Waals surface area contributed by atoms with Gasteiger partial charge in [-0.15, -0.1) is 35.9 Å². The number of nitrogens with zero attached hydrogens (tertiary/aromatic N) is 2. The molecular formula is C31H35IrN2O2-. The van der Waals surface area contributed by atoms with Crippen molar-refractivity contribution in [2.24, 2.45) is 22.7 Å². The van der Waals surface area contributed by atoms with Crippen LogP contribution in [0.25, 0.3) is 28.1 Å². The molecule has 1 aromatic heterocycles. The fourth-order valence-electron chi connectivity index (χ4n) is 6.25. The number of aliphatic hydroxyl groups excluding tert-OH is 2. The maximum absolute atomic E-state index is 10.2. The minimum absolute atomic E-state index is 0. The van der Waals surface area contributed by atoms with Crippen molar-refractivity contribution in [3.63, 3.8) is 0 Å². The summed E-state index contributed by atoms with van der Waals surface area (Å²) in [6.07, 6.45) is 1.45.